The summed E-state index contributed by atoms with van der Waals surface area (Å²) >= 11 is 0.845. The van der Waals surface area contributed by atoms with Gasteiger partial charge >= 0.3 is 0 Å². The van der Waals surface area contributed by atoms with Crippen LogP contribution in [0.25, 0.3) is 0 Å². The number of carbonyl (C=O) groups excluding carboxylic acids is 1. The number of benzene rings is 1. The van der Waals surface area contributed by atoms with Gasteiger partial charge in [-0.3, -0.25) is 4.79 Å². The lowest BCUT2D eigenvalue weighted by Gasteiger charge is -2.44. The molecule has 4 rings (SSSR count). The Morgan fingerprint density at radius 1 is 1.16 bits per heavy atom. The fourth-order valence-corrected chi connectivity index (χ4v) is 6.24. The number of aromatic nitrogens is 2. The van der Waals surface area contributed by atoms with E-state index in [2.05, 4.69) is 20.2 Å². The Bertz CT molecular complexity index is 1070. The van der Waals surface area contributed by atoms with E-state index in [4.69, 9.17) is 4.74 Å². The van der Waals surface area contributed by atoms with Crippen molar-refractivity contribution >= 4 is 32.4 Å². The number of amides is 1. The second-order valence-corrected chi connectivity index (χ2v) is 12.2. The molecule has 1 atom stereocenters. The maximum Gasteiger partial charge on any atom is 0.270 e. The van der Waals surface area contributed by atoms with E-state index in [-0.39, 0.29) is 21.0 Å². The summed E-state index contributed by atoms with van der Waals surface area (Å²) in [7, 11) is -3.92. The third-order valence-corrected chi connectivity index (χ3v) is 8.48. The monoisotopic (exact) mass is 464 g/mol. The van der Waals surface area contributed by atoms with E-state index in [0.717, 1.165) is 48.3 Å². The lowest BCUT2D eigenvalue weighted by atomic mass is 9.77. The van der Waals surface area contributed by atoms with Gasteiger partial charge in [0.2, 0.25) is 15.4 Å². The first-order valence-electron chi connectivity index (χ1n) is 10.5. The van der Waals surface area contributed by atoms with Gasteiger partial charge in [-0.15, -0.1) is 10.2 Å². The summed E-state index contributed by atoms with van der Waals surface area (Å²) < 4.78 is 35.3. The number of para-hydroxylation sites is 1. The number of fused-ring (bicyclic) bond motifs is 1. The largest absolute Gasteiger partial charge is 0.487 e. The average Bonchev–Trinajstić information content (AvgIpc) is 3.17. The van der Waals surface area contributed by atoms with Crippen molar-refractivity contribution in [3.63, 3.8) is 0 Å². The number of sulfonamides is 1. The summed E-state index contributed by atoms with van der Waals surface area (Å²) in [5.41, 5.74) is -0.136. The van der Waals surface area contributed by atoms with Gasteiger partial charge in [-0.2, -0.15) is 0 Å². The van der Waals surface area contributed by atoms with Crippen molar-refractivity contribution in [2.75, 3.05) is 5.32 Å². The van der Waals surface area contributed by atoms with Gasteiger partial charge in [-0.1, -0.05) is 56.7 Å². The molecule has 8 nitrogen and oxygen atoms in total. The second-order valence-electron chi connectivity index (χ2n) is 9.34. The van der Waals surface area contributed by atoms with Crippen LogP contribution in [0.3, 0.4) is 0 Å². The smallest absolute Gasteiger partial charge is 0.270 e. The molecular weight excluding hydrogens is 436 g/mol. The van der Waals surface area contributed by atoms with Crippen LogP contribution < -0.4 is 14.8 Å². The highest BCUT2D eigenvalue weighted by molar-refractivity contribution is 7.91. The first-order valence-corrected chi connectivity index (χ1v) is 12.8. The minimum atomic E-state index is -3.92. The molecule has 2 aromatic rings. The lowest BCUT2D eigenvalue weighted by molar-refractivity contribution is -0.123. The summed E-state index contributed by atoms with van der Waals surface area (Å²) in [6, 6.07) is 7.17. The van der Waals surface area contributed by atoms with E-state index in [1.165, 1.54) is 6.42 Å². The van der Waals surface area contributed by atoms with Crippen LogP contribution in [0.15, 0.2) is 28.6 Å². The summed E-state index contributed by atoms with van der Waals surface area (Å²) in [6.07, 6.45) is 5.75. The van der Waals surface area contributed by atoms with Crippen molar-refractivity contribution in [1.82, 2.24) is 14.9 Å². The maximum absolute atomic E-state index is 13.1. The molecule has 2 heterocycles. The van der Waals surface area contributed by atoms with Gasteiger partial charge in [-0.25, -0.2) is 13.1 Å². The van der Waals surface area contributed by atoms with E-state index in [0.29, 0.717) is 6.42 Å². The first-order chi connectivity index (χ1) is 14.6. The zero-order valence-electron chi connectivity index (χ0n) is 18.0. The predicted molar refractivity (Wildman–Crippen MR) is 119 cm³/mol. The number of hydrogen-bond acceptors (Lipinski definition) is 7. The zero-order chi connectivity index (χ0) is 22.3. The Balaban J connectivity index is 1.57. The number of ether oxygens (including phenoxy) is 1. The summed E-state index contributed by atoms with van der Waals surface area (Å²) in [4.78, 5) is 12.2. The van der Waals surface area contributed by atoms with Gasteiger partial charge < -0.3 is 10.1 Å². The lowest BCUT2D eigenvalue weighted by Crippen LogP contribution is -2.46. The van der Waals surface area contributed by atoms with Crippen LogP contribution in [0.2, 0.25) is 0 Å². The van der Waals surface area contributed by atoms with E-state index in [1.807, 2.05) is 24.3 Å². The standard InChI is InChI=1S/C21H28N4O4S2/c1-20(2,3)17(26)22-18-23-24-19(30-18)31(27,28)25-15-13-21(11-7-4-8-12-21)29-16-10-6-5-9-14(15)16/h5-6,9-10,15,25H,4,7-8,11-13H2,1-3H3,(H,22,23,26)/t15-/m0/s1. The van der Waals surface area contributed by atoms with Crippen molar-refractivity contribution in [3.05, 3.63) is 29.8 Å². The third-order valence-electron chi connectivity index (χ3n) is 5.80. The highest BCUT2D eigenvalue weighted by Crippen LogP contribution is 2.46. The maximum atomic E-state index is 13.1. The van der Waals surface area contributed by atoms with Crippen LogP contribution in [-0.4, -0.2) is 30.1 Å². The highest BCUT2D eigenvalue weighted by atomic mass is 32.2. The summed E-state index contributed by atoms with van der Waals surface area (Å²) in [5, 5.41) is 10.5. The number of carbonyl (C=O) groups is 1. The molecular formula is C21H28N4O4S2. The van der Waals surface area contributed by atoms with Gasteiger partial charge in [0, 0.05) is 17.4 Å². The molecule has 1 aliphatic heterocycles. The Kier molecular flexibility index (Phi) is 5.82. The van der Waals surface area contributed by atoms with Crippen LogP contribution in [0.5, 0.6) is 5.75 Å². The Labute approximate surface area is 186 Å². The van der Waals surface area contributed by atoms with E-state index >= 15 is 0 Å². The third kappa shape index (κ3) is 4.75. The van der Waals surface area contributed by atoms with Crippen LogP contribution in [-0.2, 0) is 14.8 Å². The number of anilines is 1. The van der Waals surface area contributed by atoms with Crippen molar-refractivity contribution in [3.8, 4) is 5.75 Å². The van der Waals surface area contributed by atoms with Crippen LogP contribution in [0, 0.1) is 5.41 Å². The topological polar surface area (TPSA) is 110 Å². The van der Waals surface area contributed by atoms with Crippen LogP contribution in [0.1, 0.15) is 70.9 Å². The van der Waals surface area contributed by atoms with Crippen molar-refractivity contribution in [2.45, 2.75) is 75.3 Å². The number of nitrogens with zero attached hydrogens (tertiary/aromatic N) is 2. The van der Waals surface area contributed by atoms with Gasteiger partial charge in [0.1, 0.15) is 11.4 Å². The molecule has 0 unspecified atom stereocenters. The fourth-order valence-electron chi connectivity index (χ4n) is 4.12. The van der Waals surface area contributed by atoms with Gasteiger partial charge in [-0.05, 0) is 31.7 Å². The van der Waals surface area contributed by atoms with Crippen molar-refractivity contribution < 1.29 is 17.9 Å². The molecule has 0 radical (unpaired) electrons. The molecule has 1 fully saturated rings. The molecule has 168 valence electrons. The van der Waals surface area contributed by atoms with Gasteiger partial charge in [0.15, 0.2) is 0 Å². The summed E-state index contributed by atoms with van der Waals surface area (Å²) in [5.74, 6) is 0.483. The molecule has 1 aliphatic carbocycles. The fraction of sp³-hybridized carbons (Fsp3) is 0.571. The predicted octanol–water partition coefficient (Wildman–Crippen LogP) is 4.03. The first kappa shape index (κ1) is 22.2. The SMILES string of the molecule is CC(C)(C)C(=O)Nc1nnc(S(=O)(=O)N[C@H]2CC3(CCCCC3)Oc3ccccc32)s1. The van der Waals surface area contributed by atoms with E-state index < -0.39 is 21.5 Å². The Hall–Kier alpha value is -2.04. The molecule has 10 heteroatoms. The van der Waals surface area contributed by atoms with Gasteiger partial charge in [0.05, 0.1) is 6.04 Å². The molecule has 2 N–H and O–H groups in total. The molecule has 1 aromatic heterocycles. The molecule has 1 amide bonds. The van der Waals surface area contributed by atoms with E-state index in [1.54, 1.807) is 20.8 Å². The summed E-state index contributed by atoms with van der Waals surface area (Å²) in [6.45, 7) is 5.31. The number of hydrogen-bond donors (Lipinski definition) is 2. The van der Waals surface area contributed by atoms with Crippen molar-refractivity contribution in [2.24, 2.45) is 5.41 Å². The Morgan fingerprint density at radius 2 is 1.87 bits per heavy atom. The molecule has 1 aromatic carbocycles. The van der Waals surface area contributed by atoms with Crippen LogP contribution in [0.4, 0.5) is 5.13 Å². The normalized spacial score (nSPS) is 20.7. The molecule has 2 aliphatic rings. The number of nitrogens with one attached hydrogen (secondary N) is 2. The van der Waals surface area contributed by atoms with Crippen molar-refractivity contribution in [1.29, 1.82) is 0 Å². The van der Waals surface area contributed by atoms with Gasteiger partial charge in [0.25, 0.3) is 10.0 Å². The molecule has 0 saturated heterocycles. The van der Waals surface area contributed by atoms with Crippen LogP contribution >= 0.6 is 11.3 Å². The zero-order valence-corrected chi connectivity index (χ0v) is 19.6. The average molecular weight is 465 g/mol. The number of rotatable bonds is 4. The highest BCUT2D eigenvalue weighted by Gasteiger charge is 2.43. The molecule has 1 spiro atoms. The molecule has 31 heavy (non-hydrogen) atoms. The molecule has 0 bridgehead atoms. The Morgan fingerprint density at radius 3 is 2.58 bits per heavy atom. The quantitative estimate of drug-likeness (QED) is 0.661. The minimum absolute atomic E-state index is 0.163. The minimum Gasteiger partial charge on any atom is -0.487 e. The second kappa shape index (κ2) is 8.14. The van der Waals surface area contributed by atoms with E-state index in [9.17, 15) is 13.2 Å². The molecule has 1 saturated carbocycles.